The van der Waals surface area contributed by atoms with Crippen LogP contribution in [-0.4, -0.2) is 35.8 Å². The van der Waals surface area contributed by atoms with Gasteiger partial charge in [0.25, 0.3) is 0 Å². The van der Waals surface area contributed by atoms with Gasteiger partial charge < -0.3 is 15.2 Å². The lowest BCUT2D eigenvalue weighted by molar-refractivity contribution is 0.0599. The SMILES string of the molecule is COC(=O)c1ccc(NCCC(C)O)nc1C. The van der Waals surface area contributed by atoms with Crippen molar-refractivity contribution in [3.63, 3.8) is 0 Å². The minimum absolute atomic E-state index is 0.335. The number of hydrogen-bond acceptors (Lipinski definition) is 5. The Morgan fingerprint density at radius 3 is 2.82 bits per heavy atom. The first-order valence-electron chi connectivity index (χ1n) is 5.52. The quantitative estimate of drug-likeness (QED) is 0.758. The fraction of sp³-hybridized carbons (Fsp3) is 0.500. The van der Waals surface area contributed by atoms with E-state index in [0.29, 0.717) is 30.0 Å². The van der Waals surface area contributed by atoms with E-state index in [-0.39, 0.29) is 12.1 Å². The van der Waals surface area contributed by atoms with Gasteiger partial charge >= 0.3 is 5.97 Å². The number of nitrogens with one attached hydrogen (secondary N) is 1. The molecule has 0 bridgehead atoms. The van der Waals surface area contributed by atoms with E-state index in [1.165, 1.54) is 7.11 Å². The molecule has 5 nitrogen and oxygen atoms in total. The number of carbonyl (C=O) groups excluding carboxylic acids is 1. The van der Waals surface area contributed by atoms with Gasteiger partial charge in [0.15, 0.2) is 0 Å². The first-order valence-corrected chi connectivity index (χ1v) is 5.52. The molecule has 1 unspecified atom stereocenters. The van der Waals surface area contributed by atoms with E-state index in [2.05, 4.69) is 15.0 Å². The number of nitrogens with zero attached hydrogens (tertiary/aromatic N) is 1. The normalized spacial score (nSPS) is 12.0. The summed E-state index contributed by atoms with van der Waals surface area (Å²) < 4.78 is 4.64. The fourth-order valence-corrected chi connectivity index (χ4v) is 1.39. The van der Waals surface area contributed by atoms with Crippen LogP contribution in [0.15, 0.2) is 12.1 Å². The number of rotatable bonds is 5. The van der Waals surface area contributed by atoms with Gasteiger partial charge in [-0.15, -0.1) is 0 Å². The predicted molar refractivity (Wildman–Crippen MR) is 65.1 cm³/mol. The van der Waals surface area contributed by atoms with Crippen molar-refractivity contribution in [2.75, 3.05) is 19.0 Å². The number of aromatic nitrogens is 1. The second-order valence-corrected chi connectivity index (χ2v) is 3.89. The van der Waals surface area contributed by atoms with Crippen LogP contribution in [0.3, 0.4) is 0 Å². The van der Waals surface area contributed by atoms with E-state index in [0.717, 1.165) is 0 Å². The first-order chi connectivity index (χ1) is 8.04. The summed E-state index contributed by atoms with van der Waals surface area (Å²) in [7, 11) is 1.34. The molecular weight excluding hydrogens is 220 g/mol. The van der Waals surface area contributed by atoms with Crippen LogP contribution in [0.25, 0.3) is 0 Å². The highest BCUT2D eigenvalue weighted by Gasteiger charge is 2.10. The first kappa shape index (κ1) is 13.4. The molecule has 17 heavy (non-hydrogen) atoms. The maximum Gasteiger partial charge on any atom is 0.339 e. The van der Waals surface area contributed by atoms with Crippen molar-refractivity contribution >= 4 is 11.8 Å². The van der Waals surface area contributed by atoms with Crippen molar-refractivity contribution in [3.8, 4) is 0 Å². The smallest absolute Gasteiger partial charge is 0.339 e. The number of methoxy groups -OCH3 is 1. The molecule has 0 aromatic carbocycles. The molecule has 1 atom stereocenters. The zero-order valence-electron chi connectivity index (χ0n) is 10.4. The maximum absolute atomic E-state index is 11.3. The highest BCUT2D eigenvalue weighted by atomic mass is 16.5. The lowest BCUT2D eigenvalue weighted by Gasteiger charge is -2.09. The molecule has 0 spiro atoms. The monoisotopic (exact) mass is 238 g/mol. The van der Waals surface area contributed by atoms with Gasteiger partial charge in [-0.3, -0.25) is 0 Å². The summed E-state index contributed by atoms with van der Waals surface area (Å²) in [5.41, 5.74) is 1.09. The summed E-state index contributed by atoms with van der Waals surface area (Å²) in [6, 6.07) is 3.40. The lowest BCUT2D eigenvalue weighted by atomic mass is 10.2. The largest absolute Gasteiger partial charge is 0.465 e. The van der Waals surface area contributed by atoms with Gasteiger partial charge in [0.1, 0.15) is 5.82 Å². The Bertz CT molecular complexity index is 391. The highest BCUT2D eigenvalue weighted by molar-refractivity contribution is 5.90. The molecule has 1 aromatic heterocycles. The van der Waals surface area contributed by atoms with Crippen LogP contribution >= 0.6 is 0 Å². The molecule has 1 heterocycles. The topological polar surface area (TPSA) is 71.5 Å². The van der Waals surface area contributed by atoms with E-state index in [9.17, 15) is 4.79 Å². The number of carbonyl (C=O) groups is 1. The molecule has 0 saturated carbocycles. The van der Waals surface area contributed by atoms with Crippen molar-refractivity contribution in [2.45, 2.75) is 26.4 Å². The van der Waals surface area contributed by atoms with Crippen LogP contribution in [0.1, 0.15) is 29.4 Å². The number of aryl methyl sites for hydroxylation is 1. The lowest BCUT2D eigenvalue weighted by Crippen LogP contribution is -2.12. The van der Waals surface area contributed by atoms with Gasteiger partial charge in [0.05, 0.1) is 24.5 Å². The standard InChI is InChI=1S/C12H18N2O3/c1-8(15)6-7-13-11-5-4-10(9(2)14-11)12(16)17-3/h4-5,8,15H,6-7H2,1-3H3,(H,13,14). The number of anilines is 1. The number of ether oxygens (including phenoxy) is 1. The maximum atomic E-state index is 11.3. The fourth-order valence-electron chi connectivity index (χ4n) is 1.39. The predicted octanol–water partition coefficient (Wildman–Crippen LogP) is 1.36. The van der Waals surface area contributed by atoms with Crippen molar-refractivity contribution in [2.24, 2.45) is 0 Å². The number of pyridine rings is 1. The van der Waals surface area contributed by atoms with Crippen molar-refractivity contribution in [1.29, 1.82) is 0 Å². The van der Waals surface area contributed by atoms with Gasteiger partial charge in [-0.2, -0.15) is 0 Å². The molecule has 2 N–H and O–H groups in total. The third-order valence-electron chi connectivity index (χ3n) is 2.36. The average Bonchev–Trinajstić information content (AvgIpc) is 2.28. The molecule has 0 aliphatic carbocycles. The molecule has 0 fully saturated rings. The van der Waals surface area contributed by atoms with Crippen LogP contribution in [0, 0.1) is 6.92 Å². The van der Waals surface area contributed by atoms with Crippen LogP contribution in [0.4, 0.5) is 5.82 Å². The van der Waals surface area contributed by atoms with Crippen LogP contribution in [-0.2, 0) is 4.74 Å². The second kappa shape index (κ2) is 6.20. The minimum atomic E-state index is -0.384. The van der Waals surface area contributed by atoms with E-state index >= 15 is 0 Å². The van der Waals surface area contributed by atoms with Crippen LogP contribution < -0.4 is 5.32 Å². The molecule has 0 amide bonds. The summed E-state index contributed by atoms with van der Waals surface area (Å²) in [5, 5.41) is 12.2. The molecule has 94 valence electrons. The van der Waals surface area contributed by atoms with E-state index < -0.39 is 0 Å². The van der Waals surface area contributed by atoms with Gasteiger partial charge in [0.2, 0.25) is 0 Å². The van der Waals surface area contributed by atoms with E-state index in [1.807, 2.05) is 0 Å². The summed E-state index contributed by atoms with van der Waals surface area (Å²) in [6.45, 7) is 4.13. The summed E-state index contributed by atoms with van der Waals surface area (Å²) in [5.74, 6) is 0.307. The van der Waals surface area contributed by atoms with Gasteiger partial charge in [-0.1, -0.05) is 0 Å². The van der Waals surface area contributed by atoms with Crippen molar-refractivity contribution in [3.05, 3.63) is 23.4 Å². The molecule has 0 saturated heterocycles. The number of hydrogen-bond donors (Lipinski definition) is 2. The Kier molecular flexibility index (Phi) is 4.90. The van der Waals surface area contributed by atoms with E-state index in [1.54, 1.807) is 26.0 Å². The summed E-state index contributed by atoms with van der Waals surface area (Å²) >= 11 is 0. The molecular formula is C12H18N2O3. The molecule has 0 radical (unpaired) electrons. The average molecular weight is 238 g/mol. The Morgan fingerprint density at radius 1 is 1.59 bits per heavy atom. The Labute approximate surface area is 101 Å². The van der Waals surface area contributed by atoms with Gasteiger partial charge in [0, 0.05) is 6.54 Å². The molecule has 0 aliphatic rings. The third kappa shape index (κ3) is 4.03. The zero-order valence-corrected chi connectivity index (χ0v) is 10.4. The van der Waals surface area contributed by atoms with Gasteiger partial charge in [-0.05, 0) is 32.4 Å². The Morgan fingerprint density at radius 2 is 2.29 bits per heavy atom. The number of aliphatic hydroxyl groups excluding tert-OH is 1. The summed E-state index contributed by atoms with van der Waals surface area (Å²) in [4.78, 5) is 15.6. The Balaban J connectivity index is 2.65. The van der Waals surface area contributed by atoms with E-state index in [4.69, 9.17) is 5.11 Å². The van der Waals surface area contributed by atoms with Gasteiger partial charge in [-0.25, -0.2) is 9.78 Å². The minimum Gasteiger partial charge on any atom is -0.465 e. The number of esters is 1. The van der Waals surface area contributed by atoms with Crippen LogP contribution in [0.5, 0.6) is 0 Å². The Hall–Kier alpha value is -1.62. The van der Waals surface area contributed by atoms with Crippen molar-refractivity contribution < 1.29 is 14.6 Å². The zero-order chi connectivity index (χ0) is 12.8. The molecule has 1 aromatic rings. The van der Waals surface area contributed by atoms with Crippen LogP contribution in [0.2, 0.25) is 0 Å². The van der Waals surface area contributed by atoms with Crippen molar-refractivity contribution in [1.82, 2.24) is 4.98 Å². The molecule has 0 aliphatic heterocycles. The summed E-state index contributed by atoms with van der Waals surface area (Å²) in [6.07, 6.45) is 0.317. The highest BCUT2D eigenvalue weighted by Crippen LogP contribution is 2.11. The number of aliphatic hydroxyl groups is 1. The molecule has 5 heteroatoms. The molecule has 1 rings (SSSR count). The second-order valence-electron chi connectivity index (χ2n) is 3.89. The third-order valence-corrected chi connectivity index (χ3v) is 2.36.